The summed E-state index contributed by atoms with van der Waals surface area (Å²) in [5.74, 6) is -0.369. The molecule has 0 aromatic heterocycles. The fraction of sp³-hybridized carbons (Fsp3) is 0.258. The number of phenolic OH excluding ortho intramolecular Hbond substituents is 1. The zero-order valence-electron chi connectivity index (χ0n) is 22.8. The van der Waals surface area contributed by atoms with E-state index < -0.39 is 5.82 Å². The molecule has 2 amide bonds. The number of hydrogen-bond acceptors (Lipinski definition) is 4. The van der Waals surface area contributed by atoms with Gasteiger partial charge in [0.05, 0.1) is 16.9 Å². The number of nitrogens with zero attached hydrogens (tertiary/aromatic N) is 4. The zero-order chi connectivity index (χ0) is 29.0. The van der Waals surface area contributed by atoms with Gasteiger partial charge in [0.2, 0.25) is 12.3 Å². The summed E-state index contributed by atoms with van der Waals surface area (Å²) in [4.78, 5) is 34.7. The number of para-hydroxylation sites is 1. The van der Waals surface area contributed by atoms with Gasteiger partial charge in [0, 0.05) is 49.4 Å². The first-order chi connectivity index (χ1) is 19.2. The lowest BCUT2D eigenvalue weighted by atomic mass is 9.97. The summed E-state index contributed by atoms with van der Waals surface area (Å²) in [6.45, 7) is 9.60. The fourth-order valence-corrected chi connectivity index (χ4v) is 5.31. The first-order valence-electron chi connectivity index (χ1n) is 13.0. The Morgan fingerprint density at radius 2 is 1.75 bits per heavy atom. The first-order valence-corrected chi connectivity index (χ1v) is 13.4. The molecule has 0 bridgehead atoms. The number of anilines is 2. The highest BCUT2D eigenvalue weighted by Gasteiger charge is 2.28. The van der Waals surface area contributed by atoms with E-state index in [2.05, 4.69) is 11.6 Å². The maximum atomic E-state index is 15.0. The van der Waals surface area contributed by atoms with E-state index in [0.29, 0.717) is 55.4 Å². The summed E-state index contributed by atoms with van der Waals surface area (Å²) in [5.41, 5.74) is 2.77. The lowest BCUT2D eigenvalue weighted by Crippen LogP contribution is -2.50. The van der Waals surface area contributed by atoms with Crippen molar-refractivity contribution >= 4 is 41.1 Å². The van der Waals surface area contributed by atoms with Crippen LogP contribution in [0.25, 0.3) is 11.1 Å². The van der Waals surface area contributed by atoms with E-state index in [-0.39, 0.29) is 33.7 Å². The summed E-state index contributed by atoms with van der Waals surface area (Å²) in [6, 6.07) is 14.9. The summed E-state index contributed by atoms with van der Waals surface area (Å²) in [6.07, 6.45) is 2.01. The second-order valence-electron chi connectivity index (χ2n) is 9.74. The molecule has 0 saturated carbocycles. The Morgan fingerprint density at radius 3 is 2.35 bits per heavy atom. The van der Waals surface area contributed by atoms with E-state index in [1.807, 2.05) is 43.0 Å². The standard InChI is InChI=1S/C31H32ClFN4O3/c1-5-29(40)35-13-15-36(16-14-35)31(34-4)23-17-24(32)22(30-25(33)10-8-12-28(30)39)18-27(23)37(19-38)26-11-7-6-9-21(26)20(2)3/h5-12,17-20,39H,1,13-16H2,2-4H3. The quantitative estimate of drug-likeness (QED) is 0.166. The normalized spacial score (nSPS) is 13.9. The largest absolute Gasteiger partial charge is 0.507 e. The molecule has 3 aromatic rings. The topological polar surface area (TPSA) is 76.5 Å². The Morgan fingerprint density at radius 1 is 1.07 bits per heavy atom. The van der Waals surface area contributed by atoms with Crippen molar-refractivity contribution in [1.82, 2.24) is 9.80 Å². The third-order valence-electron chi connectivity index (χ3n) is 7.05. The van der Waals surface area contributed by atoms with Crippen molar-refractivity contribution in [2.24, 2.45) is 4.99 Å². The van der Waals surface area contributed by atoms with Gasteiger partial charge in [-0.2, -0.15) is 0 Å². The summed E-state index contributed by atoms with van der Waals surface area (Å²) < 4.78 is 15.0. The molecular weight excluding hydrogens is 531 g/mol. The number of amidine groups is 1. The van der Waals surface area contributed by atoms with Gasteiger partial charge in [-0.15, -0.1) is 0 Å². The fourth-order valence-electron chi connectivity index (χ4n) is 5.05. The van der Waals surface area contributed by atoms with Gasteiger partial charge >= 0.3 is 0 Å². The van der Waals surface area contributed by atoms with Crippen LogP contribution in [0.3, 0.4) is 0 Å². The van der Waals surface area contributed by atoms with Gasteiger partial charge in [0.15, 0.2) is 0 Å². The Balaban J connectivity index is 1.92. The molecule has 3 aromatic carbocycles. The van der Waals surface area contributed by atoms with Gasteiger partial charge in [-0.1, -0.05) is 56.3 Å². The van der Waals surface area contributed by atoms with Crippen molar-refractivity contribution < 1.29 is 19.1 Å². The molecule has 1 N–H and O–H groups in total. The number of phenols is 1. The van der Waals surface area contributed by atoms with Crippen LogP contribution in [-0.4, -0.2) is 66.3 Å². The molecule has 9 heteroatoms. The number of piperazine rings is 1. The molecule has 0 unspecified atom stereocenters. The number of halogens is 2. The van der Waals surface area contributed by atoms with Gasteiger partial charge in [-0.05, 0) is 47.9 Å². The molecule has 40 heavy (non-hydrogen) atoms. The second kappa shape index (κ2) is 12.3. The number of carbonyl (C=O) groups is 2. The highest BCUT2D eigenvalue weighted by molar-refractivity contribution is 6.34. The second-order valence-corrected chi connectivity index (χ2v) is 10.1. The highest BCUT2D eigenvalue weighted by atomic mass is 35.5. The van der Waals surface area contributed by atoms with Crippen LogP contribution in [0.1, 0.15) is 30.9 Å². The molecule has 208 valence electrons. The minimum absolute atomic E-state index is 0.0603. The summed E-state index contributed by atoms with van der Waals surface area (Å²) in [7, 11) is 1.65. The third-order valence-corrected chi connectivity index (χ3v) is 7.36. The molecule has 7 nitrogen and oxygen atoms in total. The van der Waals surface area contributed by atoms with Crippen molar-refractivity contribution in [1.29, 1.82) is 0 Å². The van der Waals surface area contributed by atoms with Crippen molar-refractivity contribution in [2.75, 3.05) is 38.1 Å². The minimum atomic E-state index is -0.645. The van der Waals surface area contributed by atoms with Crippen molar-refractivity contribution in [3.63, 3.8) is 0 Å². The predicted octanol–water partition coefficient (Wildman–Crippen LogP) is 5.98. The molecule has 4 rings (SSSR count). The molecule has 1 fully saturated rings. The van der Waals surface area contributed by atoms with Crippen LogP contribution in [0.5, 0.6) is 5.75 Å². The van der Waals surface area contributed by atoms with Gasteiger partial charge in [0.25, 0.3) is 0 Å². The lowest BCUT2D eigenvalue weighted by molar-refractivity contribution is -0.127. The van der Waals surface area contributed by atoms with Crippen LogP contribution in [0.4, 0.5) is 15.8 Å². The Bertz CT molecular complexity index is 1440. The van der Waals surface area contributed by atoms with E-state index in [9.17, 15) is 19.1 Å². The van der Waals surface area contributed by atoms with Crippen LogP contribution in [0.15, 0.2) is 72.2 Å². The maximum absolute atomic E-state index is 15.0. The lowest BCUT2D eigenvalue weighted by Gasteiger charge is -2.37. The molecule has 0 spiro atoms. The first kappa shape index (κ1) is 28.8. The number of benzene rings is 3. The molecule has 1 aliphatic rings. The molecule has 1 saturated heterocycles. The number of hydrogen-bond donors (Lipinski definition) is 1. The van der Waals surface area contributed by atoms with Gasteiger partial charge in [-0.3, -0.25) is 19.5 Å². The minimum Gasteiger partial charge on any atom is -0.507 e. The van der Waals surface area contributed by atoms with E-state index in [0.717, 1.165) is 5.56 Å². The Labute approximate surface area is 238 Å². The van der Waals surface area contributed by atoms with Crippen LogP contribution < -0.4 is 4.90 Å². The van der Waals surface area contributed by atoms with E-state index in [1.165, 1.54) is 29.2 Å². The number of aromatic hydroxyl groups is 1. The Hall–Kier alpha value is -4.17. The van der Waals surface area contributed by atoms with E-state index in [4.69, 9.17) is 11.6 Å². The SMILES string of the molecule is C=CC(=O)N1CCN(C(=NC)c2cc(Cl)c(-c3c(O)cccc3F)cc2N(C=O)c2ccccc2C(C)C)CC1. The maximum Gasteiger partial charge on any atom is 0.246 e. The van der Waals surface area contributed by atoms with E-state index >= 15 is 0 Å². The monoisotopic (exact) mass is 562 g/mol. The van der Waals surface area contributed by atoms with Crippen LogP contribution >= 0.6 is 11.6 Å². The summed E-state index contributed by atoms with van der Waals surface area (Å²) >= 11 is 6.76. The number of rotatable bonds is 7. The van der Waals surface area contributed by atoms with Crippen molar-refractivity contribution in [3.8, 4) is 16.9 Å². The summed E-state index contributed by atoms with van der Waals surface area (Å²) in [5, 5.41) is 10.7. The number of aliphatic imine (C=N–C) groups is 1. The van der Waals surface area contributed by atoms with Crippen LogP contribution in [0.2, 0.25) is 5.02 Å². The highest BCUT2D eigenvalue weighted by Crippen LogP contribution is 2.42. The van der Waals surface area contributed by atoms with Crippen LogP contribution in [-0.2, 0) is 9.59 Å². The van der Waals surface area contributed by atoms with Gasteiger partial charge < -0.3 is 14.9 Å². The van der Waals surface area contributed by atoms with Crippen molar-refractivity contribution in [2.45, 2.75) is 19.8 Å². The average molecular weight is 563 g/mol. The molecule has 1 heterocycles. The molecule has 0 radical (unpaired) electrons. The van der Waals surface area contributed by atoms with Crippen molar-refractivity contribution in [3.05, 3.63) is 89.2 Å². The predicted molar refractivity (Wildman–Crippen MR) is 158 cm³/mol. The average Bonchev–Trinajstić information content (AvgIpc) is 2.95. The third kappa shape index (κ3) is 5.58. The van der Waals surface area contributed by atoms with Crippen LogP contribution in [0, 0.1) is 5.82 Å². The number of amides is 2. The Kier molecular flexibility index (Phi) is 8.90. The molecule has 0 atom stereocenters. The molecular formula is C31H32ClFN4O3. The van der Waals surface area contributed by atoms with E-state index in [1.54, 1.807) is 24.1 Å². The zero-order valence-corrected chi connectivity index (χ0v) is 23.5. The molecule has 0 aliphatic carbocycles. The smallest absolute Gasteiger partial charge is 0.246 e. The van der Waals surface area contributed by atoms with Gasteiger partial charge in [-0.25, -0.2) is 4.39 Å². The molecule has 1 aliphatic heterocycles. The number of carbonyl (C=O) groups excluding carboxylic acids is 2. The van der Waals surface area contributed by atoms with Gasteiger partial charge in [0.1, 0.15) is 17.4 Å².